The average Bonchev–Trinajstić information content (AvgIpc) is 2.97. The molecule has 1 aromatic carbocycles. The number of nitrogens with zero attached hydrogens (tertiary/aromatic N) is 3. The van der Waals surface area contributed by atoms with Crippen LogP contribution >= 0.6 is 0 Å². The van der Waals surface area contributed by atoms with E-state index in [1.165, 1.54) is 18.3 Å². The molecule has 2 heterocycles. The Bertz CT molecular complexity index is 690. The lowest BCUT2D eigenvalue weighted by Crippen LogP contribution is -1.87. The van der Waals surface area contributed by atoms with Crippen LogP contribution in [0, 0.1) is 5.82 Å². The number of nitrogens with one attached hydrogen (secondary N) is 1. The molecule has 0 aliphatic heterocycles. The van der Waals surface area contributed by atoms with Crippen molar-refractivity contribution in [3.8, 4) is 22.8 Å². The van der Waals surface area contributed by atoms with Crippen LogP contribution in [-0.4, -0.2) is 20.3 Å². The Morgan fingerprint density at radius 3 is 2.94 bits per heavy atom. The lowest BCUT2D eigenvalue weighted by atomic mass is 10.2. The minimum atomic E-state index is -0.360. The van der Waals surface area contributed by atoms with E-state index in [0.29, 0.717) is 22.8 Å². The fraction of sp³-hybridized carbons (Fsp3) is 0. The maximum atomic E-state index is 13.1. The molecule has 7 heteroatoms. The van der Waals surface area contributed by atoms with E-state index in [-0.39, 0.29) is 11.7 Å². The summed E-state index contributed by atoms with van der Waals surface area (Å²) in [5.74, 6) is 0.511. The van der Waals surface area contributed by atoms with Crippen molar-refractivity contribution < 1.29 is 8.91 Å². The third kappa shape index (κ3) is 1.71. The maximum absolute atomic E-state index is 13.1. The summed E-state index contributed by atoms with van der Waals surface area (Å²) in [4.78, 5) is 4.14. The molecule has 0 amide bonds. The van der Waals surface area contributed by atoms with Gasteiger partial charge in [-0.25, -0.2) is 4.39 Å². The Morgan fingerprint density at radius 2 is 2.22 bits per heavy atom. The van der Waals surface area contributed by atoms with Gasteiger partial charge in [0.2, 0.25) is 5.82 Å². The molecule has 90 valence electrons. The first kappa shape index (κ1) is 10.5. The van der Waals surface area contributed by atoms with Crippen LogP contribution in [0.3, 0.4) is 0 Å². The molecule has 0 saturated heterocycles. The van der Waals surface area contributed by atoms with Crippen LogP contribution in [0.2, 0.25) is 0 Å². The van der Waals surface area contributed by atoms with Gasteiger partial charge < -0.3 is 10.3 Å². The molecule has 0 bridgehead atoms. The van der Waals surface area contributed by atoms with Gasteiger partial charge in [0.05, 0.1) is 6.20 Å². The molecule has 0 aliphatic rings. The van der Waals surface area contributed by atoms with E-state index in [0.717, 1.165) is 0 Å². The Labute approximate surface area is 101 Å². The molecule has 6 nitrogen and oxygen atoms in total. The number of nitrogens with two attached hydrogens (primary N) is 1. The molecule has 3 rings (SSSR count). The zero-order chi connectivity index (χ0) is 12.5. The van der Waals surface area contributed by atoms with Crippen molar-refractivity contribution >= 4 is 5.82 Å². The fourth-order valence-electron chi connectivity index (χ4n) is 1.54. The fourth-order valence-corrected chi connectivity index (χ4v) is 1.54. The van der Waals surface area contributed by atoms with Gasteiger partial charge in [0.15, 0.2) is 0 Å². The van der Waals surface area contributed by atoms with E-state index < -0.39 is 0 Å². The zero-order valence-corrected chi connectivity index (χ0v) is 9.09. The van der Waals surface area contributed by atoms with Gasteiger partial charge in [-0.1, -0.05) is 17.3 Å². The van der Waals surface area contributed by atoms with Crippen LogP contribution < -0.4 is 5.73 Å². The van der Waals surface area contributed by atoms with Gasteiger partial charge in [-0.2, -0.15) is 10.1 Å². The summed E-state index contributed by atoms with van der Waals surface area (Å²) in [5, 5.41) is 10.1. The van der Waals surface area contributed by atoms with Crippen LogP contribution in [0.25, 0.3) is 22.8 Å². The molecule has 0 radical (unpaired) electrons. The van der Waals surface area contributed by atoms with E-state index in [1.807, 2.05) is 0 Å². The van der Waals surface area contributed by atoms with E-state index in [1.54, 1.807) is 12.1 Å². The van der Waals surface area contributed by atoms with Crippen molar-refractivity contribution in [1.82, 2.24) is 20.3 Å². The first-order valence-electron chi connectivity index (χ1n) is 5.13. The predicted octanol–water partition coefficient (Wildman–Crippen LogP) is 1.85. The van der Waals surface area contributed by atoms with Crippen molar-refractivity contribution in [3.63, 3.8) is 0 Å². The number of rotatable bonds is 2. The lowest BCUT2D eigenvalue weighted by Gasteiger charge is -1.93. The summed E-state index contributed by atoms with van der Waals surface area (Å²) >= 11 is 0. The quantitative estimate of drug-likeness (QED) is 0.718. The van der Waals surface area contributed by atoms with Crippen LogP contribution in [-0.2, 0) is 0 Å². The second kappa shape index (κ2) is 3.95. The number of hydrogen-bond donors (Lipinski definition) is 2. The summed E-state index contributed by atoms with van der Waals surface area (Å²) in [6.45, 7) is 0. The van der Waals surface area contributed by atoms with Crippen molar-refractivity contribution in [2.75, 3.05) is 5.73 Å². The average molecular weight is 245 g/mol. The number of aromatic amines is 1. The summed E-state index contributed by atoms with van der Waals surface area (Å²) < 4.78 is 18.1. The smallest absolute Gasteiger partial charge is 0.263 e. The number of aromatic nitrogens is 4. The minimum Gasteiger partial charge on any atom is -0.383 e. The summed E-state index contributed by atoms with van der Waals surface area (Å²) in [7, 11) is 0. The molecule has 0 unspecified atom stereocenters. The number of benzene rings is 1. The molecule has 0 aliphatic carbocycles. The van der Waals surface area contributed by atoms with Crippen LogP contribution in [0.5, 0.6) is 0 Å². The Balaban J connectivity index is 2.02. The van der Waals surface area contributed by atoms with E-state index in [2.05, 4.69) is 20.3 Å². The maximum Gasteiger partial charge on any atom is 0.263 e. The Kier molecular flexibility index (Phi) is 2.30. The Morgan fingerprint density at radius 1 is 1.33 bits per heavy atom. The van der Waals surface area contributed by atoms with Crippen LogP contribution in [0.1, 0.15) is 0 Å². The summed E-state index contributed by atoms with van der Waals surface area (Å²) in [5.41, 5.74) is 6.69. The topological polar surface area (TPSA) is 93.6 Å². The van der Waals surface area contributed by atoms with E-state index in [4.69, 9.17) is 10.3 Å². The third-order valence-corrected chi connectivity index (χ3v) is 2.41. The van der Waals surface area contributed by atoms with Gasteiger partial charge in [-0.15, -0.1) is 0 Å². The normalized spacial score (nSPS) is 10.7. The monoisotopic (exact) mass is 245 g/mol. The lowest BCUT2D eigenvalue weighted by molar-refractivity contribution is 0.432. The SMILES string of the molecule is Nc1[nH]ncc1-c1nc(-c2cccc(F)c2)no1. The van der Waals surface area contributed by atoms with Crippen molar-refractivity contribution in [3.05, 3.63) is 36.3 Å². The highest BCUT2D eigenvalue weighted by Gasteiger charge is 2.14. The third-order valence-electron chi connectivity index (χ3n) is 2.41. The van der Waals surface area contributed by atoms with Crippen molar-refractivity contribution in [2.24, 2.45) is 0 Å². The highest BCUT2D eigenvalue weighted by atomic mass is 19.1. The Hall–Kier alpha value is -2.70. The second-order valence-electron chi connectivity index (χ2n) is 3.63. The molecular weight excluding hydrogens is 237 g/mol. The van der Waals surface area contributed by atoms with E-state index >= 15 is 0 Å². The predicted molar refractivity (Wildman–Crippen MR) is 61.7 cm³/mol. The molecule has 2 aromatic heterocycles. The minimum absolute atomic E-state index is 0.237. The first-order valence-corrected chi connectivity index (χ1v) is 5.13. The molecule has 3 aromatic rings. The van der Waals surface area contributed by atoms with Crippen molar-refractivity contribution in [2.45, 2.75) is 0 Å². The van der Waals surface area contributed by atoms with Gasteiger partial charge in [0.1, 0.15) is 17.2 Å². The first-order chi connectivity index (χ1) is 8.74. The van der Waals surface area contributed by atoms with Crippen LogP contribution in [0.15, 0.2) is 35.0 Å². The van der Waals surface area contributed by atoms with Crippen LogP contribution in [0.4, 0.5) is 10.2 Å². The highest BCUT2D eigenvalue weighted by molar-refractivity contribution is 5.67. The van der Waals surface area contributed by atoms with Gasteiger partial charge in [-0.3, -0.25) is 5.10 Å². The van der Waals surface area contributed by atoms with Gasteiger partial charge >= 0.3 is 0 Å². The molecule has 0 fully saturated rings. The molecule has 3 N–H and O–H groups in total. The van der Waals surface area contributed by atoms with Gasteiger partial charge in [0, 0.05) is 5.56 Å². The number of nitrogen functional groups attached to an aromatic ring is 1. The number of hydrogen-bond acceptors (Lipinski definition) is 5. The molecular formula is C11H8FN5O. The molecule has 18 heavy (non-hydrogen) atoms. The van der Waals surface area contributed by atoms with Crippen molar-refractivity contribution in [1.29, 1.82) is 0 Å². The largest absolute Gasteiger partial charge is 0.383 e. The summed E-state index contributed by atoms with van der Waals surface area (Å²) in [6, 6.07) is 5.94. The number of halogens is 1. The molecule has 0 saturated carbocycles. The highest BCUT2D eigenvalue weighted by Crippen LogP contribution is 2.24. The zero-order valence-electron chi connectivity index (χ0n) is 9.09. The summed E-state index contributed by atoms with van der Waals surface area (Å²) in [6.07, 6.45) is 1.48. The molecule has 0 spiro atoms. The van der Waals surface area contributed by atoms with Gasteiger partial charge in [0.25, 0.3) is 5.89 Å². The second-order valence-corrected chi connectivity index (χ2v) is 3.63. The standard InChI is InChI=1S/C11H8FN5O/c12-7-3-1-2-6(4-7)10-15-11(18-17-10)8-5-14-16-9(8)13/h1-5H,(H3,13,14,16). The van der Waals surface area contributed by atoms with E-state index in [9.17, 15) is 4.39 Å². The molecule has 0 atom stereocenters. The number of anilines is 1. The number of H-pyrrole nitrogens is 1. The van der Waals surface area contributed by atoms with Gasteiger partial charge in [-0.05, 0) is 12.1 Å².